The van der Waals surface area contributed by atoms with Crippen molar-refractivity contribution in [3.05, 3.63) is 56.2 Å². The van der Waals surface area contributed by atoms with Crippen molar-refractivity contribution < 1.29 is 0 Å². The van der Waals surface area contributed by atoms with Crippen LogP contribution in [-0.4, -0.2) is 11.8 Å². The van der Waals surface area contributed by atoms with Gasteiger partial charge in [-0.25, -0.2) is 0 Å². The minimum absolute atomic E-state index is 0.195. The first-order valence-electron chi connectivity index (χ1n) is 6.59. The van der Waals surface area contributed by atoms with Gasteiger partial charge in [-0.2, -0.15) is 0 Å². The van der Waals surface area contributed by atoms with Gasteiger partial charge in [0.05, 0.1) is 0 Å². The lowest BCUT2D eigenvalue weighted by atomic mass is 9.80. The van der Waals surface area contributed by atoms with Crippen LogP contribution in [0.1, 0.15) is 22.2 Å². The van der Waals surface area contributed by atoms with Crippen molar-refractivity contribution in [3.63, 3.8) is 0 Å². The van der Waals surface area contributed by atoms with Gasteiger partial charge in [0.2, 0.25) is 0 Å². The van der Waals surface area contributed by atoms with E-state index in [0.29, 0.717) is 11.8 Å². The molecule has 0 amide bonds. The lowest BCUT2D eigenvalue weighted by Gasteiger charge is -2.30. The molecule has 1 heterocycles. The molecule has 0 saturated carbocycles. The van der Waals surface area contributed by atoms with E-state index in [-0.39, 0.29) is 5.41 Å². The largest absolute Gasteiger partial charge is 0.145 e. The maximum Gasteiger partial charge on any atom is 0.0335 e. The Morgan fingerprint density at radius 3 is 2.10 bits per heavy atom. The lowest BCUT2D eigenvalue weighted by molar-refractivity contribution is 0.541. The summed E-state index contributed by atoms with van der Waals surface area (Å²) in [5, 5.41) is 0. The van der Waals surface area contributed by atoms with E-state index in [9.17, 15) is 0 Å². The molecular formula is C16H17BrCl2S. The number of alkyl halides is 2. The Morgan fingerprint density at radius 2 is 1.60 bits per heavy atom. The van der Waals surface area contributed by atoms with E-state index >= 15 is 0 Å². The molecule has 0 spiro atoms. The van der Waals surface area contributed by atoms with Gasteiger partial charge in [-0.1, -0.05) is 35.0 Å². The molecule has 0 unspecified atom stereocenters. The molecule has 0 saturated heterocycles. The van der Waals surface area contributed by atoms with Gasteiger partial charge >= 0.3 is 0 Å². The van der Waals surface area contributed by atoms with Crippen LogP contribution in [0.15, 0.2) is 40.9 Å². The molecule has 0 nitrogen and oxygen atoms in total. The second-order valence-electron chi connectivity index (χ2n) is 4.95. The zero-order valence-corrected chi connectivity index (χ0v) is 15.2. The molecule has 2 rings (SSSR count). The van der Waals surface area contributed by atoms with Crippen LogP contribution >= 0.6 is 50.5 Å². The van der Waals surface area contributed by atoms with Gasteiger partial charge in [-0.05, 0) is 42.7 Å². The highest BCUT2D eigenvalue weighted by atomic mass is 79.9. The van der Waals surface area contributed by atoms with Crippen LogP contribution < -0.4 is 0 Å². The number of hydrogen-bond donors (Lipinski definition) is 0. The Labute approximate surface area is 143 Å². The van der Waals surface area contributed by atoms with Crippen molar-refractivity contribution in [2.75, 3.05) is 11.8 Å². The first-order valence-corrected chi connectivity index (χ1v) is 9.27. The summed E-state index contributed by atoms with van der Waals surface area (Å²) < 4.78 is 1.07. The van der Waals surface area contributed by atoms with Crippen LogP contribution in [0.25, 0.3) is 0 Å². The standard InChI is InChI=1S/C16H17BrCl2S/c1-2-14-7-8-15(20-14)9-16(10-18,11-19)12-3-5-13(17)6-4-12/h3-8H,2,9-11H2,1H3. The number of halogens is 3. The average molecular weight is 392 g/mol. The summed E-state index contributed by atoms with van der Waals surface area (Å²) in [5.41, 5.74) is 1.01. The fraction of sp³-hybridized carbons (Fsp3) is 0.375. The topological polar surface area (TPSA) is 0 Å². The Bertz CT molecular complexity index is 544. The van der Waals surface area contributed by atoms with E-state index in [1.807, 2.05) is 11.3 Å². The SMILES string of the molecule is CCc1ccc(CC(CCl)(CCl)c2ccc(Br)cc2)s1. The third-order valence-electron chi connectivity index (χ3n) is 3.55. The molecule has 0 atom stereocenters. The predicted octanol–water partition coefficient (Wildman–Crippen LogP) is 6.03. The highest BCUT2D eigenvalue weighted by Crippen LogP contribution is 2.34. The van der Waals surface area contributed by atoms with Crippen LogP contribution in [0.5, 0.6) is 0 Å². The van der Waals surface area contributed by atoms with Crippen LogP contribution in [0.2, 0.25) is 0 Å². The van der Waals surface area contributed by atoms with Gasteiger partial charge in [0.25, 0.3) is 0 Å². The maximum atomic E-state index is 6.30. The van der Waals surface area contributed by atoms with Crippen molar-refractivity contribution in [2.24, 2.45) is 0 Å². The smallest absolute Gasteiger partial charge is 0.0335 e. The van der Waals surface area contributed by atoms with Gasteiger partial charge in [0, 0.05) is 31.4 Å². The summed E-state index contributed by atoms with van der Waals surface area (Å²) in [7, 11) is 0. The molecular weight excluding hydrogens is 375 g/mol. The molecule has 0 aliphatic rings. The second-order valence-corrected chi connectivity index (χ2v) is 7.66. The fourth-order valence-corrected chi connectivity index (χ4v) is 4.38. The summed E-state index contributed by atoms with van der Waals surface area (Å²) in [6.07, 6.45) is 1.98. The van der Waals surface area contributed by atoms with Gasteiger partial charge in [-0.3, -0.25) is 0 Å². The number of benzene rings is 1. The zero-order valence-electron chi connectivity index (χ0n) is 11.3. The lowest BCUT2D eigenvalue weighted by Crippen LogP contribution is -2.33. The van der Waals surface area contributed by atoms with Crippen LogP contribution in [0, 0.1) is 0 Å². The summed E-state index contributed by atoms with van der Waals surface area (Å²) in [6, 6.07) is 12.7. The van der Waals surface area contributed by atoms with Crippen molar-refractivity contribution >= 4 is 50.5 Å². The molecule has 0 aliphatic heterocycles. The van der Waals surface area contributed by atoms with E-state index < -0.39 is 0 Å². The third kappa shape index (κ3) is 3.59. The Kier molecular flexibility index (Phi) is 5.97. The first-order chi connectivity index (χ1) is 9.63. The number of thiophene rings is 1. The van der Waals surface area contributed by atoms with E-state index in [0.717, 1.165) is 17.3 Å². The van der Waals surface area contributed by atoms with Crippen LogP contribution in [0.4, 0.5) is 0 Å². The molecule has 0 N–H and O–H groups in total. The molecule has 1 aromatic heterocycles. The molecule has 1 aromatic carbocycles. The first kappa shape index (κ1) is 16.4. The minimum atomic E-state index is -0.195. The highest BCUT2D eigenvalue weighted by molar-refractivity contribution is 9.10. The quantitative estimate of drug-likeness (QED) is 0.527. The molecule has 4 heteroatoms. The van der Waals surface area contributed by atoms with E-state index in [4.69, 9.17) is 23.2 Å². The van der Waals surface area contributed by atoms with E-state index in [1.165, 1.54) is 15.3 Å². The second kappa shape index (κ2) is 7.31. The normalized spacial score (nSPS) is 11.8. The average Bonchev–Trinajstić information content (AvgIpc) is 2.93. The van der Waals surface area contributed by atoms with E-state index in [1.54, 1.807) is 0 Å². The molecule has 20 heavy (non-hydrogen) atoms. The zero-order chi connectivity index (χ0) is 14.6. The van der Waals surface area contributed by atoms with Gasteiger partial charge in [0.1, 0.15) is 0 Å². The molecule has 2 aromatic rings. The Morgan fingerprint density at radius 1 is 1.00 bits per heavy atom. The molecule has 0 radical (unpaired) electrons. The maximum absolute atomic E-state index is 6.30. The number of hydrogen-bond acceptors (Lipinski definition) is 1. The Hall–Kier alpha value is -0.0200. The van der Waals surface area contributed by atoms with Gasteiger partial charge < -0.3 is 0 Å². The number of aryl methyl sites for hydroxylation is 1. The highest BCUT2D eigenvalue weighted by Gasteiger charge is 2.31. The van der Waals surface area contributed by atoms with Crippen molar-refractivity contribution in [2.45, 2.75) is 25.2 Å². The summed E-state index contributed by atoms with van der Waals surface area (Å²) in [6.45, 7) is 2.18. The van der Waals surface area contributed by atoms with Crippen molar-refractivity contribution in [1.29, 1.82) is 0 Å². The van der Waals surface area contributed by atoms with Crippen LogP contribution in [-0.2, 0) is 18.3 Å². The van der Waals surface area contributed by atoms with Crippen LogP contribution in [0.3, 0.4) is 0 Å². The summed E-state index contributed by atoms with van der Waals surface area (Å²) in [5.74, 6) is 1.05. The monoisotopic (exact) mass is 390 g/mol. The van der Waals surface area contributed by atoms with Gasteiger partial charge in [-0.15, -0.1) is 34.5 Å². The van der Waals surface area contributed by atoms with Gasteiger partial charge in [0.15, 0.2) is 0 Å². The molecule has 0 fully saturated rings. The van der Waals surface area contributed by atoms with Crippen molar-refractivity contribution in [3.8, 4) is 0 Å². The van der Waals surface area contributed by atoms with E-state index in [2.05, 4.69) is 59.3 Å². The Balaban J connectivity index is 2.31. The third-order valence-corrected chi connectivity index (χ3v) is 6.33. The van der Waals surface area contributed by atoms with Crippen molar-refractivity contribution in [1.82, 2.24) is 0 Å². The predicted molar refractivity (Wildman–Crippen MR) is 94.7 cm³/mol. The molecule has 0 aliphatic carbocycles. The fourth-order valence-electron chi connectivity index (χ4n) is 2.23. The summed E-state index contributed by atoms with van der Waals surface area (Å²) in [4.78, 5) is 2.76. The minimum Gasteiger partial charge on any atom is -0.145 e. The molecule has 108 valence electrons. The molecule has 0 bridgehead atoms. The summed E-state index contributed by atoms with van der Waals surface area (Å²) >= 11 is 17.9. The number of rotatable bonds is 6.